The van der Waals surface area contributed by atoms with Crippen molar-refractivity contribution in [2.75, 3.05) is 7.11 Å². The first-order chi connectivity index (χ1) is 11.6. The second-order valence-electron chi connectivity index (χ2n) is 5.20. The van der Waals surface area contributed by atoms with Crippen LogP contribution in [-0.4, -0.2) is 16.3 Å². The zero-order valence-corrected chi connectivity index (χ0v) is 13.9. The quantitative estimate of drug-likeness (QED) is 0.679. The molecule has 1 atom stereocenters. The highest BCUT2D eigenvalue weighted by Gasteiger charge is 2.11. The normalized spacial score (nSPS) is 12.1. The lowest BCUT2D eigenvalue weighted by Gasteiger charge is -2.01. The van der Waals surface area contributed by atoms with E-state index in [1.165, 1.54) is 12.1 Å². The van der Waals surface area contributed by atoms with Crippen molar-refractivity contribution in [1.29, 1.82) is 0 Å². The van der Waals surface area contributed by atoms with E-state index < -0.39 is 10.8 Å². The Bertz CT molecular complexity index is 828. The maximum Gasteiger partial charge on any atom is 0.207 e. The maximum atomic E-state index is 12.9. The van der Waals surface area contributed by atoms with Crippen LogP contribution < -0.4 is 4.74 Å². The Morgan fingerprint density at radius 2 is 1.79 bits per heavy atom. The molecule has 1 heterocycles. The molecule has 0 aliphatic heterocycles. The number of methoxy groups -OCH3 is 1. The number of hydrogen-bond donors (Lipinski definition) is 0. The van der Waals surface area contributed by atoms with E-state index in [4.69, 9.17) is 9.15 Å². The first-order valence-corrected chi connectivity index (χ1v) is 8.81. The van der Waals surface area contributed by atoms with Gasteiger partial charge >= 0.3 is 0 Å². The molecule has 124 valence electrons. The van der Waals surface area contributed by atoms with Crippen LogP contribution in [0.4, 0.5) is 4.39 Å². The van der Waals surface area contributed by atoms with E-state index in [9.17, 15) is 8.60 Å². The molecule has 0 aliphatic rings. The molecule has 0 N–H and O–H groups in total. The van der Waals surface area contributed by atoms with E-state index in [1.807, 2.05) is 24.3 Å². The van der Waals surface area contributed by atoms with Crippen molar-refractivity contribution < 1.29 is 17.8 Å². The second-order valence-corrected chi connectivity index (χ2v) is 6.66. The Balaban J connectivity index is 1.64. The molecular formula is C18H16FNO3S. The van der Waals surface area contributed by atoms with Gasteiger partial charge < -0.3 is 9.15 Å². The van der Waals surface area contributed by atoms with E-state index in [0.29, 0.717) is 17.4 Å². The van der Waals surface area contributed by atoms with Gasteiger partial charge in [0, 0.05) is 22.1 Å². The van der Waals surface area contributed by atoms with Gasteiger partial charge in [-0.25, -0.2) is 9.37 Å². The zero-order chi connectivity index (χ0) is 16.9. The summed E-state index contributed by atoms with van der Waals surface area (Å²) in [6.07, 6.45) is 1.62. The second kappa shape index (κ2) is 7.40. The Morgan fingerprint density at radius 3 is 2.46 bits per heavy atom. The van der Waals surface area contributed by atoms with Crippen LogP contribution in [0.25, 0.3) is 11.3 Å². The summed E-state index contributed by atoms with van der Waals surface area (Å²) >= 11 is 0. The molecule has 6 heteroatoms. The number of benzene rings is 2. The van der Waals surface area contributed by atoms with Crippen molar-refractivity contribution in [3.8, 4) is 17.1 Å². The van der Waals surface area contributed by atoms with Gasteiger partial charge in [-0.05, 0) is 42.0 Å². The average Bonchev–Trinajstić information content (AvgIpc) is 3.05. The maximum absolute atomic E-state index is 12.9. The average molecular weight is 345 g/mol. The van der Waals surface area contributed by atoms with Crippen molar-refractivity contribution in [3.63, 3.8) is 0 Å². The largest absolute Gasteiger partial charge is 0.497 e. The predicted molar refractivity (Wildman–Crippen MR) is 90.4 cm³/mol. The summed E-state index contributed by atoms with van der Waals surface area (Å²) in [7, 11) is 0.434. The molecule has 1 aromatic heterocycles. The van der Waals surface area contributed by atoms with Gasteiger partial charge in [-0.1, -0.05) is 12.1 Å². The number of hydrogen-bond acceptors (Lipinski definition) is 4. The molecule has 24 heavy (non-hydrogen) atoms. The van der Waals surface area contributed by atoms with Crippen molar-refractivity contribution in [2.45, 2.75) is 11.5 Å². The molecule has 0 saturated heterocycles. The fraction of sp³-hybridized carbons (Fsp3) is 0.167. The van der Waals surface area contributed by atoms with Crippen LogP contribution >= 0.6 is 0 Å². The molecular weight excluding hydrogens is 329 g/mol. The number of ether oxygens (including phenoxy) is 1. The number of nitrogens with zero attached hydrogens (tertiary/aromatic N) is 1. The Morgan fingerprint density at radius 1 is 1.08 bits per heavy atom. The fourth-order valence-electron chi connectivity index (χ4n) is 2.22. The lowest BCUT2D eigenvalue weighted by atomic mass is 10.2. The number of halogens is 1. The molecule has 0 unspecified atom stereocenters. The SMILES string of the molecule is COc1ccc(-c2cnc(C[S@@](=O)Cc3ccc(F)cc3)o2)cc1. The first kappa shape index (κ1) is 16.4. The highest BCUT2D eigenvalue weighted by molar-refractivity contribution is 7.83. The van der Waals surface area contributed by atoms with Gasteiger partial charge in [-0.3, -0.25) is 4.21 Å². The number of oxazole rings is 1. The van der Waals surface area contributed by atoms with Crippen molar-refractivity contribution in [3.05, 3.63) is 72.0 Å². The molecule has 0 bridgehead atoms. The molecule has 0 spiro atoms. The summed E-state index contributed by atoms with van der Waals surface area (Å²) in [5.41, 5.74) is 1.69. The third-order valence-corrected chi connectivity index (χ3v) is 4.68. The van der Waals surface area contributed by atoms with Gasteiger partial charge in [0.15, 0.2) is 5.76 Å². The molecule has 0 amide bonds. The molecule has 2 aromatic carbocycles. The van der Waals surface area contributed by atoms with Crippen molar-refractivity contribution in [2.24, 2.45) is 0 Å². The minimum absolute atomic E-state index is 0.216. The van der Waals surface area contributed by atoms with Crippen LogP contribution in [0.1, 0.15) is 11.5 Å². The predicted octanol–water partition coefficient (Wildman–Crippen LogP) is 3.94. The Kier molecular flexibility index (Phi) is 5.05. The molecule has 3 rings (SSSR count). The van der Waals surface area contributed by atoms with Gasteiger partial charge in [0.1, 0.15) is 17.3 Å². The Labute approximate surface area is 141 Å². The van der Waals surface area contributed by atoms with Gasteiger partial charge in [0.2, 0.25) is 5.89 Å². The summed E-state index contributed by atoms with van der Waals surface area (Å²) in [4.78, 5) is 4.18. The van der Waals surface area contributed by atoms with Crippen LogP contribution in [0.2, 0.25) is 0 Å². The molecule has 0 saturated carbocycles. The van der Waals surface area contributed by atoms with Crippen LogP contribution in [-0.2, 0) is 22.3 Å². The number of aromatic nitrogens is 1. The summed E-state index contributed by atoms with van der Waals surface area (Å²) in [5, 5.41) is 0. The molecule has 0 radical (unpaired) electrons. The summed E-state index contributed by atoms with van der Waals surface area (Å²) < 4.78 is 35.9. The van der Waals surface area contributed by atoms with E-state index in [-0.39, 0.29) is 11.6 Å². The molecule has 0 aliphatic carbocycles. The van der Waals surface area contributed by atoms with Crippen LogP contribution in [0, 0.1) is 5.82 Å². The lowest BCUT2D eigenvalue weighted by molar-refractivity contribution is 0.415. The molecule has 3 aromatic rings. The topological polar surface area (TPSA) is 52.3 Å². The van der Waals surface area contributed by atoms with Crippen molar-refractivity contribution in [1.82, 2.24) is 4.98 Å². The van der Waals surface area contributed by atoms with E-state index in [1.54, 1.807) is 25.4 Å². The van der Waals surface area contributed by atoms with E-state index >= 15 is 0 Å². The van der Waals surface area contributed by atoms with Gasteiger partial charge in [0.05, 0.1) is 13.3 Å². The standard InChI is InChI=1S/C18H16FNO3S/c1-22-16-8-4-14(5-9-16)17-10-20-18(23-17)12-24(21)11-13-2-6-15(19)7-3-13/h2-10H,11-12H2,1H3/t24-/m0/s1. The minimum atomic E-state index is -1.18. The minimum Gasteiger partial charge on any atom is -0.497 e. The third kappa shape index (κ3) is 4.08. The summed E-state index contributed by atoms with van der Waals surface area (Å²) in [6.45, 7) is 0. The summed E-state index contributed by atoms with van der Waals surface area (Å²) in [6, 6.07) is 13.4. The molecule has 0 fully saturated rings. The Hall–Kier alpha value is -2.47. The third-order valence-electron chi connectivity index (χ3n) is 3.45. The highest BCUT2D eigenvalue weighted by atomic mass is 32.2. The van der Waals surface area contributed by atoms with Crippen LogP contribution in [0.5, 0.6) is 5.75 Å². The van der Waals surface area contributed by atoms with Crippen molar-refractivity contribution >= 4 is 10.8 Å². The van der Waals surface area contributed by atoms with Gasteiger partial charge in [-0.15, -0.1) is 0 Å². The molecule has 4 nitrogen and oxygen atoms in total. The van der Waals surface area contributed by atoms with Crippen LogP contribution in [0.15, 0.2) is 59.1 Å². The van der Waals surface area contributed by atoms with Crippen LogP contribution in [0.3, 0.4) is 0 Å². The summed E-state index contributed by atoms with van der Waals surface area (Å²) in [5.74, 6) is 2.04. The highest BCUT2D eigenvalue weighted by Crippen LogP contribution is 2.23. The van der Waals surface area contributed by atoms with E-state index in [2.05, 4.69) is 4.98 Å². The monoisotopic (exact) mass is 345 g/mol. The lowest BCUT2D eigenvalue weighted by Crippen LogP contribution is -1.99. The number of rotatable bonds is 6. The fourth-order valence-corrected chi connectivity index (χ4v) is 3.30. The smallest absolute Gasteiger partial charge is 0.207 e. The van der Waals surface area contributed by atoms with E-state index in [0.717, 1.165) is 16.9 Å². The zero-order valence-electron chi connectivity index (χ0n) is 13.1. The van der Waals surface area contributed by atoms with Gasteiger partial charge in [-0.2, -0.15) is 0 Å². The first-order valence-electron chi connectivity index (χ1n) is 7.32. The van der Waals surface area contributed by atoms with Gasteiger partial charge in [0.25, 0.3) is 0 Å².